The van der Waals surface area contributed by atoms with Gasteiger partial charge in [0.15, 0.2) is 0 Å². The molecule has 1 heterocycles. The molecule has 3 aromatic rings. The summed E-state index contributed by atoms with van der Waals surface area (Å²) in [6, 6.07) is 14.4. The van der Waals surface area contributed by atoms with Crippen LogP contribution in [-0.2, 0) is 17.9 Å². The van der Waals surface area contributed by atoms with Crippen molar-refractivity contribution in [3.8, 4) is 5.75 Å². The second-order valence-corrected chi connectivity index (χ2v) is 6.21. The molecule has 0 saturated heterocycles. The molecule has 7 nitrogen and oxygen atoms in total. The standard InChI is InChI=1S/C21H22N4O3/c1-28-19-7-2-4-16(12-19)14-23-21(27)17-5-3-6-18(13-17)24-20(26)8-10-25-11-9-22-15-25/h2-7,9,11-13,15H,8,10,14H2,1H3,(H,23,27)(H,24,26). The molecule has 2 amide bonds. The first-order chi connectivity index (χ1) is 13.6. The average Bonchev–Trinajstić information content (AvgIpc) is 3.24. The van der Waals surface area contributed by atoms with E-state index in [1.807, 2.05) is 28.8 Å². The van der Waals surface area contributed by atoms with Gasteiger partial charge in [-0.2, -0.15) is 0 Å². The van der Waals surface area contributed by atoms with Crippen molar-refractivity contribution in [3.05, 3.63) is 78.4 Å². The monoisotopic (exact) mass is 378 g/mol. The Labute approximate surface area is 163 Å². The quantitative estimate of drug-likeness (QED) is 0.631. The van der Waals surface area contributed by atoms with Crippen LogP contribution in [0, 0.1) is 0 Å². The van der Waals surface area contributed by atoms with Crippen LogP contribution in [0.2, 0.25) is 0 Å². The minimum absolute atomic E-state index is 0.123. The molecule has 0 aliphatic heterocycles. The number of ether oxygens (including phenoxy) is 1. The van der Waals surface area contributed by atoms with Gasteiger partial charge in [-0.15, -0.1) is 0 Å². The second kappa shape index (κ2) is 9.36. The van der Waals surface area contributed by atoms with Crippen molar-refractivity contribution in [2.24, 2.45) is 0 Å². The van der Waals surface area contributed by atoms with Gasteiger partial charge in [0, 0.05) is 43.2 Å². The van der Waals surface area contributed by atoms with Gasteiger partial charge in [-0.25, -0.2) is 4.98 Å². The summed E-state index contributed by atoms with van der Waals surface area (Å²) >= 11 is 0. The van der Waals surface area contributed by atoms with Crippen LogP contribution in [0.15, 0.2) is 67.3 Å². The van der Waals surface area contributed by atoms with E-state index in [2.05, 4.69) is 15.6 Å². The van der Waals surface area contributed by atoms with Crippen LogP contribution in [0.25, 0.3) is 0 Å². The summed E-state index contributed by atoms with van der Waals surface area (Å²) < 4.78 is 7.02. The number of hydrogen-bond acceptors (Lipinski definition) is 4. The smallest absolute Gasteiger partial charge is 0.251 e. The number of nitrogens with one attached hydrogen (secondary N) is 2. The molecule has 0 aliphatic rings. The number of methoxy groups -OCH3 is 1. The van der Waals surface area contributed by atoms with Gasteiger partial charge in [0.2, 0.25) is 5.91 Å². The summed E-state index contributed by atoms with van der Waals surface area (Å²) in [5.41, 5.74) is 2.01. The average molecular weight is 378 g/mol. The van der Waals surface area contributed by atoms with E-state index in [4.69, 9.17) is 4.74 Å². The van der Waals surface area contributed by atoms with Crippen LogP contribution in [0.3, 0.4) is 0 Å². The fourth-order valence-electron chi connectivity index (χ4n) is 2.68. The molecule has 0 spiro atoms. The Kier molecular flexibility index (Phi) is 6.41. The number of nitrogens with zero attached hydrogens (tertiary/aromatic N) is 2. The SMILES string of the molecule is COc1cccc(CNC(=O)c2cccc(NC(=O)CCn3ccnc3)c2)c1. The molecule has 2 N–H and O–H groups in total. The van der Waals surface area contributed by atoms with Crippen molar-refractivity contribution in [1.29, 1.82) is 0 Å². The Hall–Kier alpha value is -3.61. The third kappa shape index (κ3) is 5.44. The van der Waals surface area contributed by atoms with Crippen LogP contribution < -0.4 is 15.4 Å². The first-order valence-corrected chi connectivity index (χ1v) is 8.91. The summed E-state index contributed by atoms with van der Waals surface area (Å²) in [6.07, 6.45) is 5.47. The van der Waals surface area contributed by atoms with Gasteiger partial charge in [0.05, 0.1) is 13.4 Å². The normalized spacial score (nSPS) is 10.3. The molecule has 0 bridgehead atoms. The number of benzene rings is 2. The second-order valence-electron chi connectivity index (χ2n) is 6.21. The summed E-state index contributed by atoms with van der Waals surface area (Å²) in [6.45, 7) is 0.935. The lowest BCUT2D eigenvalue weighted by Crippen LogP contribution is -2.23. The summed E-state index contributed by atoms with van der Waals surface area (Å²) in [5, 5.41) is 5.69. The summed E-state index contributed by atoms with van der Waals surface area (Å²) in [5.74, 6) is 0.409. The highest BCUT2D eigenvalue weighted by Crippen LogP contribution is 2.14. The molecule has 0 saturated carbocycles. The molecule has 3 rings (SSSR count). The molecule has 0 radical (unpaired) electrons. The number of rotatable bonds is 8. The first kappa shape index (κ1) is 19.2. The maximum atomic E-state index is 12.4. The van der Waals surface area contributed by atoms with Gasteiger partial charge >= 0.3 is 0 Å². The minimum atomic E-state index is -0.211. The van der Waals surface area contributed by atoms with Gasteiger partial charge in [0.1, 0.15) is 5.75 Å². The lowest BCUT2D eigenvalue weighted by Gasteiger charge is -2.09. The van der Waals surface area contributed by atoms with Gasteiger partial charge < -0.3 is 19.9 Å². The fourth-order valence-corrected chi connectivity index (χ4v) is 2.68. The number of aromatic nitrogens is 2. The van der Waals surface area contributed by atoms with E-state index in [-0.39, 0.29) is 11.8 Å². The highest BCUT2D eigenvalue weighted by Gasteiger charge is 2.08. The van der Waals surface area contributed by atoms with E-state index in [0.717, 1.165) is 11.3 Å². The molecule has 0 fully saturated rings. The molecule has 2 aromatic carbocycles. The zero-order chi connectivity index (χ0) is 19.8. The Bertz CT molecular complexity index is 938. The molecule has 144 valence electrons. The Balaban J connectivity index is 1.54. The Morgan fingerprint density at radius 2 is 2.00 bits per heavy atom. The van der Waals surface area contributed by atoms with E-state index < -0.39 is 0 Å². The van der Waals surface area contributed by atoms with Crippen molar-refractivity contribution in [1.82, 2.24) is 14.9 Å². The van der Waals surface area contributed by atoms with Crippen molar-refractivity contribution in [3.63, 3.8) is 0 Å². The predicted octanol–water partition coefficient (Wildman–Crippen LogP) is 2.85. The largest absolute Gasteiger partial charge is 0.497 e. The molecule has 0 atom stereocenters. The molecule has 1 aromatic heterocycles. The van der Waals surface area contributed by atoms with E-state index in [1.54, 1.807) is 50.1 Å². The predicted molar refractivity (Wildman–Crippen MR) is 106 cm³/mol. The van der Waals surface area contributed by atoms with Gasteiger partial charge in [-0.05, 0) is 35.9 Å². The molecular weight excluding hydrogens is 356 g/mol. The third-order valence-electron chi connectivity index (χ3n) is 4.15. The number of hydrogen-bond donors (Lipinski definition) is 2. The van der Waals surface area contributed by atoms with Crippen molar-refractivity contribution >= 4 is 17.5 Å². The van der Waals surface area contributed by atoms with E-state index in [1.165, 1.54) is 0 Å². The van der Waals surface area contributed by atoms with Crippen LogP contribution in [0.5, 0.6) is 5.75 Å². The van der Waals surface area contributed by atoms with Gasteiger partial charge in [0.25, 0.3) is 5.91 Å². The highest BCUT2D eigenvalue weighted by atomic mass is 16.5. The van der Waals surface area contributed by atoms with Crippen LogP contribution in [0.4, 0.5) is 5.69 Å². The van der Waals surface area contributed by atoms with Crippen molar-refractivity contribution in [2.75, 3.05) is 12.4 Å². The van der Waals surface area contributed by atoms with E-state index in [9.17, 15) is 9.59 Å². The number of aryl methyl sites for hydroxylation is 1. The van der Waals surface area contributed by atoms with Crippen LogP contribution >= 0.6 is 0 Å². The topological polar surface area (TPSA) is 85.3 Å². The zero-order valence-corrected chi connectivity index (χ0v) is 15.6. The minimum Gasteiger partial charge on any atom is -0.497 e. The molecule has 0 unspecified atom stereocenters. The molecule has 0 aliphatic carbocycles. The summed E-state index contributed by atoms with van der Waals surface area (Å²) in [4.78, 5) is 28.5. The van der Waals surface area contributed by atoms with Crippen LogP contribution in [0.1, 0.15) is 22.3 Å². The van der Waals surface area contributed by atoms with Crippen molar-refractivity contribution < 1.29 is 14.3 Å². The fraction of sp³-hybridized carbons (Fsp3) is 0.190. The van der Waals surface area contributed by atoms with E-state index >= 15 is 0 Å². The first-order valence-electron chi connectivity index (χ1n) is 8.91. The van der Waals surface area contributed by atoms with Crippen molar-refractivity contribution in [2.45, 2.75) is 19.5 Å². The Morgan fingerprint density at radius 3 is 2.79 bits per heavy atom. The van der Waals surface area contributed by atoms with Crippen LogP contribution in [-0.4, -0.2) is 28.5 Å². The number of amides is 2. The third-order valence-corrected chi connectivity index (χ3v) is 4.15. The highest BCUT2D eigenvalue weighted by molar-refractivity contribution is 5.97. The zero-order valence-electron chi connectivity index (χ0n) is 15.6. The molecule has 7 heteroatoms. The number of carbonyl (C=O) groups excluding carboxylic acids is 2. The van der Waals surface area contributed by atoms with Gasteiger partial charge in [-0.1, -0.05) is 18.2 Å². The number of anilines is 1. The lowest BCUT2D eigenvalue weighted by molar-refractivity contribution is -0.116. The Morgan fingerprint density at radius 1 is 1.14 bits per heavy atom. The molecular formula is C21H22N4O3. The van der Waals surface area contributed by atoms with E-state index in [0.29, 0.717) is 30.8 Å². The maximum Gasteiger partial charge on any atom is 0.251 e. The number of imidazole rings is 1. The maximum absolute atomic E-state index is 12.4. The lowest BCUT2D eigenvalue weighted by atomic mass is 10.1. The van der Waals surface area contributed by atoms with Gasteiger partial charge in [-0.3, -0.25) is 9.59 Å². The summed E-state index contributed by atoms with van der Waals surface area (Å²) in [7, 11) is 1.60. The number of carbonyl (C=O) groups is 2. The molecule has 28 heavy (non-hydrogen) atoms.